The molecule has 0 aliphatic heterocycles. The van der Waals surface area contributed by atoms with Crippen molar-refractivity contribution < 1.29 is 9.85 Å². The van der Waals surface area contributed by atoms with Gasteiger partial charge in [0.1, 0.15) is 5.69 Å². The monoisotopic (exact) mass is 289 g/mol. The molecule has 0 atom stereocenters. The molecule has 108 valence electrons. The summed E-state index contributed by atoms with van der Waals surface area (Å²) in [6.45, 7) is 1.49. The molecule has 0 fully saturated rings. The second kappa shape index (κ2) is 5.49. The summed E-state index contributed by atoms with van der Waals surface area (Å²) in [5.41, 5.74) is 0.0814. The molecule has 9 heteroatoms. The zero-order chi connectivity index (χ0) is 15.6. The van der Waals surface area contributed by atoms with Crippen LogP contribution >= 0.6 is 0 Å². The number of rotatable bonds is 4. The van der Waals surface area contributed by atoms with E-state index in [2.05, 4.69) is 15.3 Å². The normalized spacial score (nSPS) is 10.2. The number of benzene rings is 1. The zero-order valence-electron chi connectivity index (χ0n) is 11.2. The molecule has 2 aromatic rings. The number of hydrogen-bond acceptors (Lipinski definition) is 7. The van der Waals surface area contributed by atoms with Gasteiger partial charge in [-0.3, -0.25) is 20.2 Å². The van der Waals surface area contributed by atoms with Crippen LogP contribution in [0, 0.1) is 27.2 Å². The van der Waals surface area contributed by atoms with E-state index in [1.807, 2.05) is 0 Å². The topological polar surface area (TPSA) is 124 Å². The summed E-state index contributed by atoms with van der Waals surface area (Å²) < 4.78 is 0. The first-order chi connectivity index (χ1) is 9.93. The predicted molar refractivity (Wildman–Crippen MR) is 75.1 cm³/mol. The van der Waals surface area contributed by atoms with Gasteiger partial charge >= 0.3 is 5.69 Å². The van der Waals surface area contributed by atoms with Gasteiger partial charge in [0.2, 0.25) is 5.95 Å². The number of nitrogens with zero attached hydrogens (tertiary/aromatic N) is 4. The Morgan fingerprint density at radius 2 is 1.86 bits per heavy atom. The Balaban J connectivity index is 2.72. The summed E-state index contributed by atoms with van der Waals surface area (Å²) >= 11 is 0. The van der Waals surface area contributed by atoms with E-state index in [9.17, 15) is 20.2 Å². The van der Waals surface area contributed by atoms with Crippen molar-refractivity contribution in [3.63, 3.8) is 0 Å². The van der Waals surface area contributed by atoms with Crippen molar-refractivity contribution in [1.29, 1.82) is 0 Å². The first-order valence-electron chi connectivity index (χ1n) is 5.89. The molecule has 0 saturated heterocycles. The van der Waals surface area contributed by atoms with Gasteiger partial charge in [-0.1, -0.05) is 12.1 Å². The highest BCUT2D eigenvalue weighted by Crippen LogP contribution is 2.32. The van der Waals surface area contributed by atoms with E-state index >= 15 is 0 Å². The highest BCUT2D eigenvalue weighted by Gasteiger charge is 2.24. The van der Waals surface area contributed by atoms with Crippen LogP contribution in [0.1, 0.15) is 5.69 Å². The van der Waals surface area contributed by atoms with Crippen LogP contribution in [0.5, 0.6) is 0 Å². The summed E-state index contributed by atoms with van der Waals surface area (Å²) in [5, 5.41) is 24.7. The van der Waals surface area contributed by atoms with Crippen molar-refractivity contribution in [1.82, 2.24) is 9.97 Å². The maximum Gasteiger partial charge on any atom is 0.316 e. The summed E-state index contributed by atoms with van der Waals surface area (Å²) in [6.07, 6.45) is 0. The van der Waals surface area contributed by atoms with Crippen LogP contribution < -0.4 is 5.32 Å². The molecule has 0 unspecified atom stereocenters. The molecule has 1 N–H and O–H groups in total. The second-order valence-electron chi connectivity index (χ2n) is 4.14. The molecular formula is C12H11N5O4. The van der Waals surface area contributed by atoms with E-state index in [0.717, 1.165) is 0 Å². The van der Waals surface area contributed by atoms with Gasteiger partial charge in [-0.2, -0.15) is 0 Å². The predicted octanol–water partition coefficient (Wildman–Crippen LogP) is 2.31. The highest BCUT2D eigenvalue weighted by atomic mass is 16.6. The van der Waals surface area contributed by atoms with Gasteiger partial charge in [-0.25, -0.2) is 9.97 Å². The van der Waals surface area contributed by atoms with E-state index in [1.54, 1.807) is 7.05 Å². The molecule has 0 aliphatic carbocycles. The number of nitro benzene ring substituents is 1. The van der Waals surface area contributed by atoms with E-state index in [0.29, 0.717) is 0 Å². The lowest BCUT2D eigenvalue weighted by Gasteiger charge is -2.07. The van der Waals surface area contributed by atoms with Gasteiger partial charge in [0.25, 0.3) is 5.69 Å². The quantitative estimate of drug-likeness (QED) is 0.676. The van der Waals surface area contributed by atoms with Crippen LogP contribution in [0.25, 0.3) is 11.3 Å². The van der Waals surface area contributed by atoms with Crippen LogP contribution in [0.2, 0.25) is 0 Å². The Morgan fingerprint density at radius 3 is 2.43 bits per heavy atom. The Hall–Kier alpha value is -3.10. The smallest absolute Gasteiger partial charge is 0.316 e. The number of nitro groups is 2. The second-order valence-corrected chi connectivity index (χ2v) is 4.14. The molecule has 1 aromatic heterocycles. The molecule has 0 saturated carbocycles. The minimum atomic E-state index is -0.594. The van der Waals surface area contributed by atoms with Crippen molar-refractivity contribution in [3.8, 4) is 11.3 Å². The average molecular weight is 289 g/mol. The highest BCUT2D eigenvalue weighted by molar-refractivity contribution is 5.73. The first kappa shape index (κ1) is 14.3. The van der Waals surface area contributed by atoms with Gasteiger partial charge in [0, 0.05) is 24.7 Å². The van der Waals surface area contributed by atoms with Gasteiger partial charge in [-0.15, -0.1) is 0 Å². The number of hydrogen-bond donors (Lipinski definition) is 1. The molecule has 2 rings (SSSR count). The van der Waals surface area contributed by atoms with E-state index in [-0.39, 0.29) is 34.3 Å². The largest absolute Gasteiger partial charge is 0.357 e. The molecule has 9 nitrogen and oxygen atoms in total. The lowest BCUT2D eigenvalue weighted by molar-refractivity contribution is -0.385. The average Bonchev–Trinajstić information content (AvgIpc) is 2.45. The van der Waals surface area contributed by atoms with Gasteiger partial charge in [0.05, 0.1) is 9.85 Å². The third-order valence-electron chi connectivity index (χ3n) is 2.79. The van der Waals surface area contributed by atoms with Crippen LogP contribution in [-0.4, -0.2) is 26.9 Å². The van der Waals surface area contributed by atoms with Crippen molar-refractivity contribution in [2.75, 3.05) is 12.4 Å². The van der Waals surface area contributed by atoms with E-state index in [4.69, 9.17) is 0 Å². The van der Waals surface area contributed by atoms with Gasteiger partial charge in [-0.05, 0) is 6.92 Å². The molecule has 1 heterocycles. The SMILES string of the molecule is CNc1nc(C)c([N+](=O)[O-])c(-c2cccc([N+](=O)[O-])c2)n1. The molecule has 0 bridgehead atoms. The lowest BCUT2D eigenvalue weighted by atomic mass is 10.1. The van der Waals surface area contributed by atoms with Crippen molar-refractivity contribution in [2.24, 2.45) is 0 Å². The summed E-state index contributed by atoms with van der Waals surface area (Å²) in [7, 11) is 1.58. The van der Waals surface area contributed by atoms with Crippen molar-refractivity contribution >= 4 is 17.3 Å². The molecule has 0 aliphatic rings. The number of non-ortho nitro benzene ring substituents is 1. The minimum absolute atomic E-state index is 0.0422. The van der Waals surface area contributed by atoms with Crippen LogP contribution in [0.3, 0.4) is 0 Å². The number of nitrogens with one attached hydrogen (secondary N) is 1. The first-order valence-corrected chi connectivity index (χ1v) is 5.89. The van der Waals surface area contributed by atoms with Crippen molar-refractivity contribution in [2.45, 2.75) is 6.92 Å². The molecule has 0 amide bonds. The molecule has 1 aromatic carbocycles. The zero-order valence-corrected chi connectivity index (χ0v) is 11.2. The van der Waals surface area contributed by atoms with E-state index in [1.165, 1.54) is 31.2 Å². The molecule has 0 spiro atoms. The third-order valence-corrected chi connectivity index (χ3v) is 2.79. The number of aromatic nitrogens is 2. The Kier molecular flexibility index (Phi) is 3.74. The summed E-state index contributed by atoms with van der Waals surface area (Å²) in [4.78, 5) is 28.9. The maximum absolute atomic E-state index is 11.2. The number of anilines is 1. The molecule has 21 heavy (non-hydrogen) atoms. The number of aryl methyl sites for hydroxylation is 1. The standard InChI is InChI=1S/C12H11N5O4/c1-7-11(17(20)21)10(15-12(13-2)14-7)8-4-3-5-9(6-8)16(18)19/h3-6H,1-2H3,(H,13,14,15). The van der Waals surface area contributed by atoms with Crippen LogP contribution in [0.15, 0.2) is 24.3 Å². The molecule has 0 radical (unpaired) electrons. The van der Waals surface area contributed by atoms with Gasteiger partial charge < -0.3 is 5.32 Å². The maximum atomic E-state index is 11.2. The Morgan fingerprint density at radius 1 is 1.14 bits per heavy atom. The Bertz CT molecular complexity index is 732. The third kappa shape index (κ3) is 2.76. The fourth-order valence-corrected chi connectivity index (χ4v) is 1.87. The fourth-order valence-electron chi connectivity index (χ4n) is 1.87. The van der Waals surface area contributed by atoms with Crippen molar-refractivity contribution in [3.05, 3.63) is 50.2 Å². The summed E-state index contributed by atoms with van der Waals surface area (Å²) in [6, 6.07) is 5.53. The molecular weight excluding hydrogens is 278 g/mol. The summed E-state index contributed by atoms with van der Waals surface area (Å²) in [5.74, 6) is 0.208. The minimum Gasteiger partial charge on any atom is -0.357 e. The van der Waals surface area contributed by atoms with E-state index < -0.39 is 9.85 Å². The van der Waals surface area contributed by atoms with Crippen LogP contribution in [-0.2, 0) is 0 Å². The fraction of sp³-hybridized carbons (Fsp3) is 0.167. The van der Waals surface area contributed by atoms with Crippen LogP contribution in [0.4, 0.5) is 17.3 Å². The van der Waals surface area contributed by atoms with Gasteiger partial charge in [0.15, 0.2) is 5.69 Å². The lowest BCUT2D eigenvalue weighted by Crippen LogP contribution is -2.05. The Labute approximate surface area is 119 Å².